The molecule has 0 radical (unpaired) electrons. The zero-order valence-corrected chi connectivity index (χ0v) is 17.3. The molecule has 0 bridgehead atoms. The maximum absolute atomic E-state index is 15.0. The van der Waals surface area contributed by atoms with Gasteiger partial charge in [0.15, 0.2) is 17.3 Å². The van der Waals surface area contributed by atoms with Crippen molar-refractivity contribution >= 4 is 5.84 Å². The van der Waals surface area contributed by atoms with E-state index in [9.17, 15) is 4.39 Å². The predicted octanol–water partition coefficient (Wildman–Crippen LogP) is 5.45. The van der Waals surface area contributed by atoms with Crippen LogP contribution in [-0.4, -0.2) is 23.9 Å². The fourth-order valence-corrected chi connectivity index (χ4v) is 3.21. The third kappa shape index (κ3) is 4.10. The summed E-state index contributed by atoms with van der Waals surface area (Å²) < 4.78 is 26.0. The summed E-state index contributed by atoms with van der Waals surface area (Å²) in [6, 6.07) is 1.86. The first-order valence-electron chi connectivity index (χ1n) is 9.53. The molecule has 1 aromatic carbocycles. The summed E-state index contributed by atoms with van der Waals surface area (Å²) in [6.45, 7) is 12.0. The summed E-state index contributed by atoms with van der Waals surface area (Å²) in [6.07, 6.45) is 10.2. The van der Waals surface area contributed by atoms with E-state index in [4.69, 9.17) is 14.9 Å². The van der Waals surface area contributed by atoms with Crippen molar-refractivity contribution in [1.29, 1.82) is 5.41 Å². The van der Waals surface area contributed by atoms with Crippen molar-refractivity contribution in [3.05, 3.63) is 35.3 Å². The van der Waals surface area contributed by atoms with Gasteiger partial charge in [-0.25, -0.2) is 4.39 Å². The standard InChI is InChI=1S/C17H21FN2O2.C3H4.C2H6/c1-4-9-20-16(19)13-11(17(20)7-8-17)10-12(21-5-2)15(14(13)18)22-6-3;1-3-2;1-2/h4,9-10,19H,5-8H2,1-3H3;1H,2H3;1-2H3. The van der Waals surface area contributed by atoms with Crippen LogP contribution in [0.4, 0.5) is 4.39 Å². The molecule has 148 valence electrons. The van der Waals surface area contributed by atoms with Gasteiger partial charge in [-0.3, -0.25) is 5.41 Å². The van der Waals surface area contributed by atoms with E-state index in [1.54, 1.807) is 6.92 Å². The Balaban J connectivity index is 0.000000665. The minimum absolute atomic E-state index is 0.117. The number of allylic oxidation sites excluding steroid dienone is 1. The van der Waals surface area contributed by atoms with Crippen LogP contribution in [-0.2, 0) is 5.54 Å². The number of hydrogen-bond acceptors (Lipinski definition) is 3. The molecule has 1 N–H and O–H groups in total. The second-order valence-electron chi connectivity index (χ2n) is 5.83. The molecule has 0 unspecified atom stereocenters. The van der Waals surface area contributed by atoms with Gasteiger partial charge in [-0.2, -0.15) is 0 Å². The summed E-state index contributed by atoms with van der Waals surface area (Å²) >= 11 is 0. The Bertz CT molecular complexity index is 731. The number of amidine groups is 1. The van der Waals surface area contributed by atoms with Crippen LogP contribution < -0.4 is 9.47 Å². The van der Waals surface area contributed by atoms with Crippen LogP contribution in [0, 0.1) is 23.6 Å². The number of hydrogen-bond donors (Lipinski definition) is 1. The van der Waals surface area contributed by atoms with Crippen LogP contribution >= 0.6 is 0 Å². The average Bonchev–Trinajstić information content (AvgIpc) is 3.42. The number of nitrogens with one attached hydrogen (secondary N) is 1. The first-order chi connectivity index (χ1) is 13.0. The van der Waals surface area contributed by atoms with Gasteiger partial charge >= 0.3 is 0 Å². The van der Waals surface area contributed by atoms with E-state index < -0.39 is 5.82 Å². The minimum Gasteiger partial charge on any atom is -0.490 e. The number of halogens is 1. The highest BCUT2D eigenvalue weighted by molar-refractivity contribution is 6.04. The Kier molecular flexibility index (Phi) is 8.36. The molecule has 1 aliphatic carbocycles. The molecule has 0 atom stereocenters. The molecule has 1 saturated carbocycles. The Labute approximate surface area is 162 Å². The maximum Gasteiger partial charge on any atom is 0.197 e. The second kappa shape index (κ2) is 10.0. The second-order valence-corrected chi connectivity index (χ2v) is 5.83. The Hall–Kier alpha value is -2.48. The summed E-state index contributed by atoms with van der Waals surface area (Å²) in [4.78, 5) is 1.87. The van der Waals surface area contributed by atoms with E-state index in [0.717, 1.165) is 18.4 Å². The molecule has 3 rings (SSSR count). The van der Waals surface area contributed by atoms with Crippen molar-refractivity contribution in [2.24, 2.45) is 0 Å². The summed E-state index contributed by atoms with van der Waals surface area (Å²) in [5.41, 5.74) is 0.929. The highest BCUT2D eigenvalue weighted by Crippen LogP contribution is 2.59. The molecule has 1 heterocycles. The van der Waals surface area contributed by atoms with Crippen LogP contribution in [0.5, 0.6) is 11.5 Å². The third-order valence-electron chi connectivity index (χ3n) is 4.24. The van der Waals surface area contributed by atoms with E-state index in [-0.39, 0.29) is 17.1 Å². The molecule has 27 heavy (non-hydrogen) atoms. The lowest BCUT2D eigenvalue weighted by Crippen LogP contribution is -2.27. The quantitative estimate of drug-likeness (QED) is 0.697. The minimum atomic E-state index is -0.480. The lowest BCUT2D eigenvalue weighted by Gasteiger charge is -2.22. The van der Waals surface area contributed by atoms with Gasteiger partial charge < -0.3 is 14.4 Å². The van der Waals surface area contributed by atoms with Crippen LogP contribution in [0.15, 0.2) is 18.3 Å². The van der Waals surface area contributed by atoms with Gasteiger partial charge in [0.25, 0.3) is 0 Å². The largest absolute Gasteiger partial charge is 0.490 e. The SMILES string of the molecule is C#CC.CC.CC=CN1C(=N)c2c(cc(OCC)c(OCC)c2F)C12CC2. The Morgan fingerprint density at radius 3 is 2.30 bits per heavy atom. The highest BCUT2D eigenvalue weighted by Gasteiger charge is 2.57. The van der Waals surface area contributed by atoms with E-state index in [0.29, 0.717) is 24.5 Å². The Morgan fingerprint density at radius 2 is 1.85 bits per heavy atom. The Morgan fingerprint density at radius 1 is 1.30 bits per heavy atom. The molecule has 4 nitrogen and oxygen atoms in total. The number of terminal acetylenes is 1. The number of benzene rings is 1. The summed E-state index contributed by atoms with van der Waals surface area (Å²) in [5, 5.41) is 8.37. The van der Waals surface area contributed by atoms with E-state index in [1.807, 2.05) is 57.9 Å². The molecular weight excluding hydrogens is 343 g/mol. The van der Waals surface area contributed by atoms with Crippen molar-refractivity contribution in [3.8, 4) is 23.8 Å². The monoisotopic (exact) mass is 374 g/mol. The zero-order valence-electron chi connectivity index (χ0n) is 17.3. The fraction of sp³-hybridized carbons (Fsp3) is 0.500. The van der Waals surface area contributed by atoms with Crippen molar-refractivity contribution in [3.63, 3.8) is 0 Å². The lowest BCUT2D eigenvalue weighted by molar-refractivity contribution is 0.274. The van der Waals surface area contributed by atoms with Crippen molar-refractivity contribution in [1.82, 2.24) is 4.90 Å². The normalized spacial score (nSPS) is 15.3. The first kappa shape index (κ1) is 22.6. The number of fused-ring (bicyclic) bond motifs is 2. The smallest absolute Gasteiger partial charge is 0.197 e. The molecule has 2 aliphatic rings. The molecule has 1 spiro atoms. The van der Waals surface area contributed by atoms with Crippen molar-refractivity contribution in [2.75, 3.05) is 13.2 Å². The third-order valence-corrected chi connectivity index (χ3v) is 4.24. The molecule has 1 aliphatic heterocycles. The summed E-state index contributed by atoms with van der Waals surface area (Å²) in [7, 11) is 0. The molecular formula is C22H31FN2O2. The average molecular weight is 375 g/mol. The molecule has 0 saturated heterocycles. The summed E-state index contributed by atoms with van der Waals surface area (Å²) in [5.74, 6) is 2.52. The van der Waals surface area contributed by atoms with Crippen molar-refractivity contribution < 1.29 is 13.9 Å². The van der Waals surface area contributed by atoms with Crippen LogP contribution in [0.3, 0.4) is 0 Å². The number of rotatable bonds is 5. The van der Waals surface area contributed by atoms with Crippen LogP contribution in [0.2, 0.25) is 0 Å². The van der Waals surface area contributed by atoms with Gasteiger partial charge in [-0.15, -0.1) is 12.3 Å². The van der Waals surface area contributed by atoms with Gasteiger partial charge in [-0.05, 0) is 52.2 Å². The first-order valence-corrected chi connectivity index (χ1v) is 9.53. The zero-order chi connectivity index (χ0) is 20.6. The van der Waals surface area contributed by atoms with Gasteiger partial charge in [0.2, 0.25) is 0 Å². The topological polar surface area (TPSA) is 45.6 Å². The maximum atomic E-state index is 15.0. The molecule has 1 aromatic rings. The van der Waals surface area contributed by atoms with Gasteiger partial charge in [0.05, 0.1) is 24.3 Å². The molecule has 0 amide bonds. The van der Waals surface area contributed by atoms with Crippen molar-refractivity contribution in [2.45, 2.75) is 59.9 Å². The molecule has 5 heteroatoms. The van der Waals surface area contributed by atoms with E-state index in [2.05, 4.69) is 12.3 Å². The lowest BCUT2D eigenvalue weighted by atomic mass is 10.0. The van der Waals surface area contributed by atoms with Crippen LogP contribution in [0.1, 0.15) is 65.5 Å². The number of ether oxygens (including phenoxy) is 2. The highest BCUT2D eigenvalue weighted by atomic mass is 19.1. The predicted molar refractivity (Wildman–Crippen MR) is 109 cm³/mol. The van der Waals surface area contributed by atoms with Gasteiger partial charge in [0.1, 0.15) is 5.84 Å². The van der Waals surface area contributed by atoms with Gasteiger partial charge in [0, 0.05) is 6.20 Å². The fourth-order valence-electron chi connectivity index (χ4n) is 3.21. The van der Waals surface area contributed by atoms with Crippen LogP contribution in [0.25, 0.3) is 0 Å². The van der Waals surface area contributed by atoms with Gasteiger partial charge in [-0.1, -0.05) is 19.9 Å². The molecule has 0 aromatic heterocycles. The van der Waals surface area contributed by atoms with E-state index >= 15 is 0 Å². The number of nitrogens with zero attached hydrogens (tertiary/aromatic N) is 1. The van der Waals surface area contributed by atoms with E-state index in [1.165, 1.54) is 0 Å². The molecule has 1 fully saturated rings.